The van der Waals surface area contributed by atoms with Crippen molar-refractivity contribution < 1.29 is 23.1 Å². The fraction of sp³-hybridized carbons (Fsp3) is 0.429. The first-order chi connectivity index (χ1) is 10.3. The number of ether oxygens (including phenoxy) is 1. The first kappa shape index (κ1) is 17.4. The van der Waals surface area contributed by atoms with Crippen LogP contribution in [0.2, 0.25) is 0 Å². The van der Waals surface area contributed by atoms with Crippen LogP contribution in [0.1, 0.15) is 13.3 Å². The zero-order valence-corrected chi connectivity index (χ0v) is 13.0. The smallest absolute Gasteiger partial charge is 0.265 e. The molecule has 2 aliphatic heterocycles. The first-order valence-corrected chi connectivity index (χ1v) is 6.88. The first-order valence-electron chi connectivity index (χ1n) is 6.88. The van der Waals surface area contributed by atoms with Gasteiger partial charge in [-0.05, 0) is 25.1 Å². The normalized spacial score (nSPS) is 24.7. The van der Waals surface area contributed by atoms with Gasteiger partial charge in [-0.2, -0.15) is 0 Å². The van der Waals surface area contributed by atoms with Gasteiger partial charge in [-0.25, -0.2) is 8.78 Å². The van der Waals surface area contributed by atoms with Crippen LogP contribution in [0.3, 0.4) is 0 Å². The number of fused-ring (bicyclic) bond motifs is 1. The molecule has 2 heterocycles. The van der Waals surface area contributed by atoms with Crippen LogP contribution in [-0.2, 0) is 9.59 Å². The number of hydrogen-bond donors (Lipinski definition) is 3. The molecular weight excluding hydrogens is 332 g/mol. The molecule has 2 amide bonds. The molecule has 9 heteroatoms. The quantitative estimate of drug-likeness (QED) is 0.761. The summed E-state index contributed by atoms with van der Waals surface area (Å²) in [5.74, 6) is -3.19. The highest BCUT2D eigenvalue weighted by Crippen LogP contribution is 2.32. The molecule has 0 aromatic heterocycles. The van der Waals surface area contributed by atoms with Crippen LogP contribution in [0.5, 0.6) is 5.75 Å². The van der Waals surface area contributed by atoms with Crippen molar-refractivity contribution in [3.8, 4) is 5.75 Å². The van der Waals surface area contributed by atoms with E-state index in [9.17, 15) is 18.4 Å². The van der Waals surface area contributed by atoms with Crippen molar-refractivity contribution in [3.63, 3.8) is 0 Å². The van der Waals surface area contributed by atoms with Crippen LogP contribution in [-0.4, -0.2) is 36.4 Å². The lowest BCUT2D eigenvalue weighted by Crippen LogP contribution is -2.36. The topological polar surface area (TPSA) is 79.5 Å². The summed E-state index contributed by atoms with van der Waals surface area (Å²) in [6, 6.07) is 3.80. The van der Waals surface area contributed by atoms with Crippen LogP contribution in [0, 0.1) is 0 Å². The number of halogens is 3. The molecule has 3 rings (SSSR count). The lowest BCUT2D eigenvalue weighted by molar-refractivity contribution is -0.122. The molecule has 0 saturated carbocycles. The van der Waals surface area contributed by atoms with Gasteiger partial charge >= 0.3 is 0 Å². The van der Waals surface area contributed by atoms with Gasteiger partial charge < -0.3 is 15.4 Å². The fourth-order valence-electron chi connectivity index (χ4n) is 2.42. The lowest BCUT2D eigenvalue weighted by atomic mass is 10.1. The Morgan fingerprint density at radius 1 is 1.43 bits per heavy atom. The highest BCUT2D eigenvalue weighted by atomic mass is 35.5. The Morgan fingerprint density at radius 2 is 2.17 bits per heavy atom. The van der Waals surface area contributed by atoms with Crippen LogP contribution < -0.4 is 20.7 Å². The van der Waals surface area contributed by atoms with Gasteiger partial charge in [0.05, 0.1) is 18.3 Å². The number of anilines is 2. The maximum atomic E-state index is 13.1. The van der Waals surface area contributed by atoms with Gasteiger partial charge in [-0.1, -0.05) is 0 Å². The molecule has 2 atom stereocenters. The Hall–Kier alpha value is -1.93. The van der Waals surface area contributed by atoms with Gasteiger partial charge in [0.15, 0.2) is 6.10 Å². The third-order valence-electron chi connectivity index (χ3n) is 3.60. The van der Waals surface area contributed by atoms with Crippen molar-refractivity contribution in [2.24, 2.45) is 0 Å². The molecule has 1 fully saturated rings. The number of amides is 2. The third kappa shape index (κ3) is 3.70. The predicted molar refractivity (Wildman–Crippen MR) is 82.4 cm³/mol. The second-order valence-electron chi connectivity index (χ2n) is 5.44. The van der Waals surface area contributed by atoms with Crippen molar-refractivity contribution in [2.45, 2.75) is 31.4 Å². The van der Waals surface area contributed by atoms with Crippen LogP contribution in [0.4, 0.5) is 20.2 Å². The maximum absolute atomic E-state index is 13.1. The van der Waals surface area contributed by atoms with Crippen molar-refractivity contribution >= 4 is 35.6 Å². The zero-order chi connectivity index (χ0) is 15.9. The zero-order valence-electron chi connectivity index (χ0n) is 12.2. The van der Waals surface area contributed by atoms with E-state index in [-0.39, 0.29) is 18.3 Å². The molecule has 0 radical (unpaired) electrons. The SMILES string of the molecule is CC1Oc2ccc(NC(=O)C3CC(F)(F)CN3)cc2NC1=O.Cl. The van der Waals surface area contributed by atoms with Crippen molar-refractivity contribution in [3.05, 3.63) is 18.2 Å². The Morgan fingerprint density at radius 3 is 2.83 bits per heavy atom. The predicted octanol–water partition coefficient (Wildman–Crippen LogP) is 1.76. The van der Waals surface area contributed by atoms with E-state index in [1.54, 1.807) is 19.1 Å². The van der Waals surface area contributed by atoms with E-state index in [1.807, 2.05) is 0 Å². The molecule has 2 unspecified atom stereocenters. The number of alkyl halides is 2. The minimum atomic E-state index is -2.87. The molecule has 0 aliphatic carbocycles. The molecule has 126 valence electrons. The number of carbonyl (C=O) groups is 2. The summed E-state index contributed by atoms with van der Waals surface area (Å²) in [4.78, 5) is 23.5. The van der Waals surface area contributed by atoms with Gasteiger partial charge in [-0.3, -0.25) is 14.9 Å². The van der Waals surface area contributed by atoms with E-state index < -0.39 is 36.9 Å². The van der Waals surface area contributed by atoms with Gasteiger partial charge in [0, 0.05) is 12.1 Å². The van der Waals surface area contributed by atoms with Crippen molar-refractivity contribution in [1.29, 1.82) is 0 Å². The van der Waals surface area contributed by atoms with E-state index in [0.717, 1.165) is 0 Å². The second kappa shape index (κ2) is 6.29. The highest BCUT2D eigenvalue weighted by molar-refractivity contribution is 6.00. The molecule has 1 aromatic carbocycles. The summed E-state index contributed by atoms with van der Waals surface area (Å²) < 4.78 is 31.6. The molecule has 6 nitrogen and oxygen atoms in total. The van der Waals surface area contributed by atoms with Crippen molar-refractivity contribution in [2.75, 3.05) is 17.2 Å². The summed E-state index contributed by atoms with van der Waals surface area (Å²) >= 11 is 0. The summed E-state index contributed by atoms with van der Waals surface area (Å²) in [7, 11) is 0. The third-order valence-corrected chi connectivity index (χ3v) is 3.60. The number of nitrogens with one attached hydrogen (secondary N) is 3. The minimum Gasteiger partial charge on any atom is -0.479 e. The molecule has 0 bridgehead atoms. The van der Waals surface area contributed by atoms with Gasteiger partial charge in [0.2, 0.25) is 5.91 Å². The molecule has 1 aromatic rings. The largest absolute Gasteiger partial charge is 0.479 e. The molecule has 23 heavy (non-hydrogen) atoms. The minimum absolute atomic E-state index is 0. The van der Waals surface area contributed by atoms with Gasteiger partial charge in [0.1, 0.15) is 5.75 Å². The summed E-state index contributed by atoms with van der Waals surface area (Å²) in [6.45, 7) is 1.12. The standard InChI is InChI=1S/C14H15F2N3O3.ClH/c1-7-12(20)19-9-4-8(2-3-11(9)22-7)18-13(21)10-5-14(15,16)6-17-10;/h2-4,7,10,17H,5-6H2,1H3,(H,18,21)(H,19,20);1H. The number of benzene rings is 1. The van der Waals surface area contributed by atoms with Crippen LogP contribution >= 0.6 is 12.4 Å². The van der Waals surface area contributed by atoms with E-state index in [0.29, 0.717) is 17.1 Å². The van der Waals surface area contributed by atoms with E-state index in [4.69, 9.17) is 4.74 Å². The second-order valence-corrected chi connectivity index (χ2v) is 5.44. The molecule has 0 spiro atoms. The number of hydrogen-bond acceptors (Lipinski definition) is 4. The maximum Gasteiger partial charge on any atom is 0.265 e. The Kier molecular flexibility index (Phi) is 4.76. The molecule has 1 saturated heterocycles. The summed E-state index contributed by atoms with van der Waals surface area (Å²) in [5, 5.41) is 7.70. The van der Waals surface area contributed by atoms with E-state index >= 15 is 0 Å². The average molecular weight is 348 g/mol. The lowest BCUT2D eigenvalue weighted by Gasteiger charge is -2.23. The number of rotatable bonds is 2. The highest BCUT2D eigenvalue weighted by Gasteiger charge is 2.42. The van der Waals surface area contributed by atoms with Crippen LogP contribution in [0.15, 0.2) is 18.2 Å². The Labute approximate surface area is 137 Å². The Balaban J connectivity index is 0.00000192. The monoisotopic (exact) mass is 347 g/mol. The van der Waals surface area contributed by atoms with E-state index in [2.05, 4.69) is 16.0 Å². The number of carbonyl (C=O) groups excluding carboxylic acids is 2. The molecular formula is C14H16ClF2N3O3. The summed E-state index contributed by atoms with van der Waals surface area (Å²) in [5.41, 5.74) is 0.838. The van der Waals surface area contributed by atoms with E-state index in [1.165, 1.54) is 6.07 Å². The van der Waals surface area contributed by atoms with Crippen LogP contribution in [0.25, 0.3) is 0 Å². The average Bonchev–Trinajstić information content (AvgIpc) is 2.81. The van der Waals surface area contributed by atoms with Gasteiger partial charge in [0.25, 0.3) is 11.8 Å². The molecule has 2 aliphatic rings. The fourth-order valence-corrected chi connectivity index (χ4v) is 2.42. The summed E-state index contributed by atoms with van der Waals surface area (Å²) in [6.07, 6.45) is -1.11. The van der Waals surface area contributed by atoms with Crippen molar-refractivity contribution in [1.82, 2.24) is 5.32 Å². The molecule has 3 N–H and O–H groups in total. The van der Waals surface area contributed by atoms with Gasteiger partial charge in [-0.15, -0.1) is 12.4 Å². The Bertz CT molecular complexity index is 642.